The smallest absolute Gasteiger partial charge is 0.124 e. The van der Waals surface area contributed by atoms with Gasteiger partial charge in [-0.25, -0.2) is 4.68 Å². The molecule has 1 saturated heterocycles. The molecule has 0 spiro atoms. The molecular formula is C19H22N4O. The lowest BCUT2D eigenvalue weighted by atomic mass is 10.1. The van der Waals surface area contributed by atoms with E-state index in [-0.39, 0.29) is 0 Å². The van der Waals surface area contributed by atoms with Gasteiger partial charge in [-0.1, -0.05) is 22.9 Å². The Hall–Kier alpha value is -2.40. The lowest BCUT2D eigenvalue weighted by Crippen LogP contribution is -2.20. The normalized spacial score (nSPS) is 18.3. The first-order valence-electron chi connectivity index (χ1n) is 8.44. The molecule has 0 bridgehead atoms. The third-order valence-corrected chi connectivity index (χ3v) is 4.84. The van der Waals surface area contributed by atoms with Gasteiger partial charge in [0.15, 0.2) is 0 Å². The minimum absolute atomic E-state index is 0.483. The summed E-state index contributed by atoms with van der Waals surface area (Å²) in [5.74, 6) is 0.483. The zero-order valence-electron chi connectivity index (χ0n) is 14.1. The van der Waals surface area contributed by atoms with E-state index in [1.54, 1.807) is 6.26 Å². The summed E-state index contributed by atoms with van der Waals surface area (Å²) in [5, 5.41) is 8.77. The van der Waals surface area contributed by atoms with Gasteiger partial charge in [0.1, 0.15) is 6.26 Å². The van der Waals surface area contributed by atoms with Crippen molar-refractivity contribution in [2.45, 2.75) is 32.7 Å². The number of hydrogen-bond donors (Lipinski definition) is 0. The summed E-state index contributed by atoms with van der Waals surface area (Å²) in [7, 11) is 0. The number of hydrogen-bond acceptors (Lipinski definition) is 4. The van der Waals surface area contributed by atoms with Crippen molar-refractivity contribution >= 4 is 0 Å². The molecule has 1 atom stereocenters. The maximum absolute atomic E-state index is 4.98. The fourth-order valence-electron chi connectivity index (χ4n) is 3.37. The van der Waals surface area contributed by atoms with Crippen LogP contribution in [-0.4, -0.2) is 32.9 Å². The summed E-state index contributed by atoms with van der Waals surface area (Å²) in [6, 6.07) is 10.4. The van der Waals surface area contributed by atoms with E-state index in [4.69, 9.17) is 4.52 Å². The molecule has 0 amide bonds. The van der Waals surface area contributed by atoms with E-state index in [9.17, 15) is 0 Å². The standard InChI is InChI=1S/C19H22N4O/c1-14-3-5-18(6-4-14)23-13-17(15(2)20-23)12-22-9-7-16(11-22)19-8-10-24-21-19/h3-6,8,10,13,16H,7,9,11-12H2,1-2H3. The molecule has 0 N–H and O–H groups in total. The zero-order valence-corrected chi connectivity index (χ0v) is 14.1. The molecule has 1 aliphatic rings. The highest BCUT2D eigenvalue weighted by Crippen LogP contribution is 2.27. The zero-order chi connectivity index (χ0) is 16.5. The van der Waals surface area contributed by atoms with Gasteiger partial charge < -0.3 is 4.52 Å². The Kier molecular flexibility index (Phi) is 3.94. The third kappa shape index (κ3) is 2.99. The monoisotopic (exact) mass is 322 g/mol. The Labute approximate surface area is 141 Å². The first-order chi connectivity index (χ1) is 11.7. The molecule has 124 valence electrons. The Bertz CT molecular complexity index is 805. The second-order valence-corrected chi connectivity index (χ2v) is 6.66. The van der Waals surface area contributed by atoms with Crippen molar-refractivity contribution in [2.24, 2.45) is 0 Å². The van der Waals surface area contributed by atoms with Crippen LogP contribution in [0.5, 0.6) is 0 Å². The predicted molar refractivity (Wildman–Crippen MR) is 92.2 cm³/mol. The molecule has 0 aliphatic carbocycles. The molecular weight excluding hydrogens is 300 g/mol. The molecule has 2 aromatic heterocycles. The predicted octanol–water partition coefficient (Wildman–Crippen LogP) is 3.47. The van der Waals surface area contributed by atoms with Crippen LogP contribution in [0.1, 0.15) is 34.9 Å². The lowest BCUT2D eigenvalue weighted by Gasteiger charge is -2.14. The molecule has 3 heterocycles. The molecule has 1 aromatic carbocycles. The summed E-state index contributed by atoms with van der Waals surface area (Å²) in [4.78, 5) is 2.48. The van der Waals surface area contributed by atoms with Gasteiger partial charge in [0.25, 0.3) is 0 Å². The van der Waals surface area contributed by atoms with Crippen molar-refractivity contribution in [3.8, 4) is 5.69 Å². The van der Waals surface area contributed by atoms with Crippen LogP contribution in [-0.2, 0) is 6.54 Å². The van der Waals surface area contributed by atoms with Crippen molar-refractivity contribution in [3.05, 3.63) is 65.3 Å². The van der Waals surface area contributed by atoms with Gasteiger partial charge in [-0.05, 0) is 38.9 Å². The number of nitrogens with zero attached hydrogens (tertiary/aromatic N) is 4. The fraction of sp³-hybridized carbons (Fsp3) is 0.368. The van der Waals surface area contributed by atoms with Crippen LogP contribution in [0.2, 0.25) is 0 Å². The van der Waals surface area contributed by atoms with Crippen LogP contribution in [0, 0.1) is 13.8 Å². The van der Waals surface area contributed by atoms with E-state index in [0.29, 0.717) is 5.92 Å². The topological polar surface area (TPSA) is 47.1 Å². The van der Waals surface area contributed by atoms with E-state index in [2.05, 4.69) is 59.5 Å². The van der Waals surface area contributed by atoms with Crippen LogP contribution < -0.4 is 0 Å². The number of aryl methyl sites for hydroxylation is 2. The van der Waals surface area contributed by atoms with Gasteiger partial charge in [0.2, 0.25) is 0 Å². The van der Waals surface area contributed by atoms with Gasteiger partial charge in [-0.3, -0.25) is 4.90 Å². The van der Waals surface area contributed by atoms with E-state index < -0.39 is 0 Å². The lowest BCUT2D eigenvalue weighted by molar-refractivity contribution is 0.323. The molecule has 4 rings (SSSR count). The van der Waals surface area contributed by atoms with Crippen LogP contribution in [0.15, 0.2) is 47.3 Å². The van der Waals surface area contributed by atoms with Crippen molar-refractivity contribution in [2.75, 3.05) is 13.1 Å². The fourth-order valence-corrected chi connectivity index (χ4v) is 3.37. The number of likely N-dealkylation sites (tertiary alicyclic amines) is 1. The third-order valence-electron chi connectivity index (χ3n) is 4.84. The highest BCUT2D eigenvalue weighted by atomic mass is 16.5. The Morgan fingerprint density at radius 2 is 2.00 bits per heavy atom. The van der Waals surface area contributed by atoms with Crippen LogP contribution >= 0.6 is 0 Å². The van der Waals surface area contributed by atoms with Crippen molar-refractivity contribution in [1.29, 1.82) is 0 Å². The Morgan fingerprint density at radius 1 is 1.17 bits per heavy atom. The van der Waals surface area contributed by atoms with E-state index in [0.717, 1.165) is 43.1 Å². The van der Waals surface area contributed by atoms with Crippen molar-refractivity contribution in [3.63, 3.8) is 0 Å². The summed E-state index contributed by atoms with van der Waals surface area (Å²) in [6.07, 6.45) is 4.95. The molecule has 1 unspecified atom stereocenters. The summed E-state index contributed by atoms with van der Waals surface area (Å²) >= 11 is 0. The maximum Gasteiger partial charge on any atom is 0.124 e. The first kappa shape index (κ1) is 15.1. The van der Waals surface area contributed by atoms with Crippen LogP contribution in [0.25, 0.3) is 5.69 Å². The summed E-state index contributed by atoms with van der Waals surface area (Å²) in [6.45, 7) is 7.24. The SMILES string of the molecule is Cc1ccc(-n2cc(CN3CCC(c4ccon4)C3)c(C)n2)cc1. The average molecular weight is 322 g/mol. The van der Waals surface area contributed by atoms with Crippen molar-refractivity contribution in [1.82, 2.24) is 19.8 Å². The van der Waals surface area contributed by atoms with Crippen LogP contribution in [0.3, 0.4) is 0 Å². The number of benzene rings is 1. The van der Waals surface area contributed by atoms with E-state index >= 15 is 0 Å². The molecule has 5 heteroatoms. The Morgan fingerprint density at radius 3 is 2.75 bits per heavy atom. The molecule has 0 radical (unpaired) electrons. The highest BCUT2D eigenvalue weighted by Gasteiger charge is 2.26. The quantitative estimate of drug-likeness (QED) is 0.738. The van der Waals surface area contributed by atoms with Gasteiger partial charge in [-0.15, -0.1) is 0 Å². The highest BCUT2D eigenvalue weighted by molar-refractivity contribution is 5.35. The van der Waals surface area contributed by atoms with Gasteiger partial charge in [0.05, 0.1) is 17.1 Å². The van der Waals surface area contributed by atoms with Gasteiger partial charge in [-0.2, -0.15) is 5.10 Å². The van der Waals surface area contributed by atoms with Crippen LogP contribution in [0.4, 0.5) is 0 Å². The van der Waals surface area contributed by atoms with Gasteiger partial charge >= 0.3 is 0 Å². The maximum atomic E-state index is 4.98. The molecule has 3 aromatic rings. The molecule has 5 nitrogen and oxygen atoms in total. The van der Waals surface area contributed by atoms with E-state index in [1.807, 2.05) is 10.7 Å². The molecule has 24 heavy (non-hydrogen) atoms. The first-order valence-corrected chi connectivity index (χ1v) is 8.44. The van der Waals surface area contributed by atoms with Gasteiger partial charge in [0, 0.05) is 36.8 Å². The second kappa shape index (κ2) is 6.24. The number of aromatic nitrogens is 3. The summed E-state index contributed by atoms with van der Waals surface area (Å²) < 4.78 is 6.96. The second-order valence-electron chi connectivity index (χ2n) is 6.66. The van der Waals surface area contributed by atoms with E-state index in [1.165, 1.54) is 11.1 Å². The minimum Gasteiger partial charge on any atom is -0.365 e. The largest absolute Gasteiger partial charge is 0.365 e. The molecule has 0 saturated carbocycles. The molecule has 1 fully saturated rings. The number of rotatable bonds is 4. The molecule has 1 aliphatic heterocycles. The Balaban J connectivity index is 1.46. The minimum atomic E-state index is 0.483. The van der Waals surface area contributed by atoms with Crippen molar-refractivity contribution < 1.29 is 4.52 Å². The average Bonchev–Trinajstić information content (AvgIpc) is 3.30. The summed E-state index contributed by atoms with van der Waals surface area (Å²) in [5.41, 5.74) is 5.83.